The number of piperidine rings is 3. The highest BCUT2D eigenvalue weighted by Crippen LogP contribution is 2.41. The molecule has 5 rings (SSSR count). The maximum Gasteiger partial charge on any atom is 0.120 e. The van der Waals surface area contributed by atoms with E-state index in [1.54, 1.807) is 6.20 Å². The van der Waals surface area contributed by atoms with Crippen LogP contribution in [0.2, 0.25) is 0 Å². The number of rotatable bonds is 5. The fraction of sp³-hybridized carbons (Fsp3) is 0.476. The number of allylic oxidation sites excluding steroid dienone is 1. The van der Waals surface area contributed by atoms with E-state index in [1.807, 2.05) is 24.3 Å². The Balaban J connectivity index is 1.65. The zero-order valence-corrected chi connectivity index (χ0v) is 15.1. The van der Waals surface area contributed by atoms with Gasteiger partial charge in [0.25, 0.3) is 0 Å². The number of benzene rings is 1. The minimum atomic E-state index is -0.546. The number of fused-ring (bicyclic) bond motifs is 4. The third-order valence-electron chi connectivity index (χ3n) is 5.83. The predicted molar refractivity (Wildman–Crippen MR) is 101 cm³/mol. The third kappa shape index (κ3) is 3.11. The van der Waals surface area contributed by atoms with Gasteiger partial charge in [0.15, 0.2) is 0 Å². The van der Waals surface area contributed by atoms with Crippen molar-refractivity contribution in [1.82, 2.24) is 9.88 Å². The Kier molecular flexibility index (Phi) is 4.94. The van der Waals surface area contributed by atoms with Gasteiger partial charge in [0.1, 0.15) is 12.4 Å². The van der Waals surface area contributed by atoms with Crippen molar-refractivity contribution in [2.45, 2.75) is 31.9 Å². The van der Waals surface area contributed by atoms with Gasteiger partial charge in [-0.3, -0.25) is 9.88 Å². The molecule has 26 heavy (non-hydrogen) atoms. The van der Waals surface area contributed by atoms with E-state index in [1.165, 1.54) is 12.0 Å². The molecule has 2 aromatic rings. The molecule has 0 radical (unpaired) electrons. The molecule has 3 saturated heterocycles. The fourth-order valence-corrected chi connectivity index (χ4v) is 4.46. The number of aliphatic hydroxyl groups excluding tert-OH is 2. The quantitative estimate of drug-likeness (QED) is 0.808. The van der Waals surface area contributed by atoms with Gasteiger partial charge in [-0.2, -0.15) is 0 Å². The Labute approximate surface area is 153 Å². The lowest BCUT2D eigenvalue weighted by Crippen LogP contribution is -2.52. The van der Waals surface area contributed by atoms with E-state index >= 15 is 0 Å². The number of hydrogen-bond acceptors (Lipinski definition) is 5. The molecule has 3 fully saturated rings. The van der Waals surface area contributed by atoms with Gasteiger partial charge in [-0.15, -0.1) is 0 Å². The van der Waals surface area contributed by atoms with Crippen molar-refractivity contribution in [3.63, 3.8) is 0 Å². The minimum Gasteiger partial charge on any atom is -0.491 e. The Hall–Kier alpha value is -1.95. The Bertz CT molecular complexity index is 820. The minimum absolute atomic E-state index is 0.0216. The van der Waals surface area contributed by atoms with Crippen LogP contribution < -0.4 is 4.74 Å². The molecule has 5 nitrogen and oxygen atoms in total. The summed E-state index contributed by atoms with van der Waals surface area (Å²) in [5, 5.41) is 21.1. The summed E-state index contributed by atoms with van der Waals surface area (Å²) in [6, 6.07) is 7.74. The first-order chi connectivity index (χ1) is 12.7. The molecule has 2 N–H and O–H groups in total. The normalized spacial score (nSPS) is 27.8. The number of nitrogens with zero attached hydrogens (tertiary/aromatic N) is 2. The topological polar surface area (TPSA) is 65.8 Å². The first-order valence-corrected chi connectivity index (χ1v) is 9.40. The van der Waals surface area contributed by atoms with Crippen LogP contribution in [-0.2, 0) is 0 Å². The van der Waals surface area contributed by atoms with Gasteiger partial charge in [0, 0.05) is 24.2 Å². The molecule has 138 valence electrons. The van der Waals surface area contributed by atoms with E-state index in [9.17, 15) is 5.11 Å². The van der Waals surface area contributed by atoms with Crippen LogP contribution in [0.3, 0.4) is 0 Å². The number of ether oxygens (including phenoxy) is 1. The summed E-state index contributed by atoms with van der Waals surface area (Å²) in [5.74, 6) is 1.29. The molecule has 1 unspecified atom stereocenters. The number of hydrogen-bond donors (Lipinski definition) is 2. The van der Waals surface area contributed by atoms with Crippen LogP contribution in [0.25, 0.3) is 10.9 Å². The highest BCUT2D eigenvalue weighted by molar-refractivity contribution is 5.84. The SMILES string of the molecule is C/C=C1\CN2CC[C@H]1C[C@H]2[C@H](O)c1ccnc2ccc(OCCO)cc12. The maximum atomic E-state index is 11.2. The van der Waals surface area contributed by atoms with Crippen molar-refractivity contribution in [2.75, 3.05) is 26.3 Å². The molecule has 4 heterocycles. The average Bonchev–Trinajstić information content (AvgIpc) is 2.71. The molecular formula is C21H26N2O3. The van der Waals surface area contributed by atoms with Gasteiger partial charge in [-0.25, -0.2) is 0 Å². The van der Waals surface area contributed by atoms with Gasteiger partial charge in [0.05, 0.1) is 18.2 Å². The van der Waals surface area contributed by atoms with Crippen molar-refractivity contribution in [1.29, 1.82) is 0 Å². The summed E-state index contributed by atoms with van der Waals surface area (Å²) in [7, 11) is 0. The number of aromatic nitrogens is 1. The van der Waals surface area contributed by atoms with Gasteiger partial charge in [0.2, 0.25) is 0 Å². The first-order valence-electron chi connectivity index (χ1n) is 9.40. The lowest BCUT2D eigenvalue weighted by atomic mass is 9.76. The molecule has 5 heteroatoms. The van der Waals surface area contributed by atoms with Crippen molar-refractivity contribution in [2.24, 2.45) is 5.92 Å². The average molecular weight is 354 g/mol. The molecule has 0 aliphatic carbocycles. The van der Waals surface area contributed by atoms with E-state index in [-0.39, 0.29) is 19.3 Å². The fourth-order valence-electron chi connectivity index (χ4n) is 4.46. The van der Waals surface area contributed by atoms with Gasteiger partial charge < -0.3 is 14.9 Å². The van der Waals surface area contributed by atoms with Crippen molar-refractivity contribution in [3.8, 4) is 5.75 Å². The van der Waals surface area contributed by atoms with Crippen molar-refractivity contribution in [3.05, 3.63) is 47.7 Å². The van der Waals surface area contributed by atoms with E-state index < -0.39 is 6.10 Å². The molecule has 1 aromatic heterocycles. The van der Waals surface area contributed by atoms with Crippen LogP contribution >= 0.6 is 0 Å². The molecule has 0 saturated carbocycles. The van der Waals surface area contributed by atoms with Crippen LogP contribution in [0.15, 0.2) is 42.1 Å². The highest BCUT2D eigenvalue weighted by Gasteiger charge is 2.40. The molecule has 1 aromatic carbocycles. The van der Waals surface area contributed by atoms with E-state index in [4.69, 9.17) is 9.84 Å². The second-order valence-electron chi connectivity index (χ2n) is 7.22. The molecule has 3 aliphatic rings. The predicted octanol–water partition coefficient (Wildman–Crippen LogP) is 2.68. The summed E-state index contributed by atoms with van der Waals surface area (Å²) in [5.41, 5.74) is 3.27. The molecule has 4 atom stereocenters. The molecule has 3 aliphatic heterocycles. The molecule has 0 amide bonds. The third-order valence-corrected chi connectivity index (χ3v) is 5.83. The molecule has 0 spiro atoms. The summed E-state index contributed by atoms with van der Waals surface area (Å²) >= 11 is 0. The summed E-state index contributed by atoms with van der Waals surface area (Å²) in [6.45, 7) is 4.38. The maximum absolute atomic E-state index is 11.2. The van der Waals surface area contributed by atoms with E-state index in [2.05, 4.69) is 22.9 Å². The largest absolute Gasteiger partial charge is 0.491 e. The summed E-state index contributed by atoms with van der Waals surface area (Å²) in [4.78, 5) is 6.84. The van der Waals surface area contributed by atoms with Gasteiger partial charge in [-0.1, -0.05) is 11.6 Å². The second kappa shape index (κ2) is 7.35. The monoisotopic (exact) mass is 354 g/mol. The van der Waals surface area contributed by atoms with Crippen LogP contribution in [0, 0.1) is 5.92 Å². The van der Waals surface area contributed by atoms with E-state index in [0.29, 0.717) is 11.7 Å². The molecule has 2 bridgehead atoms. The van der Waals surface area contributed by atoms with E-state index in [0.717, 1.165) is 36.0 Å². The number of pyridine rings is 1. The van der Waals surface area contributed by atoms with Crippen LogP contribution in [0.1, 0.15) is 31.4 Å². The summed E-state index contributed by atoms with van der Waals surface area (Å²) in [6.07, 6.45) is 5.66. The van der Waals surface area contributed by atoms with Gasteiger partial charge >= 0.3 is 0 Å². The van der Waals surface area contributed by atoms with Crippen molar-refractivity contribution < 1.29 is 14.9 Å². The zero-order chi connectivity index (χ0) is 18.1. The molecular weight excluding hydrogens is 328 g/mol. The second-order valence-corrected chi connectivity index (χ2v) is 7.22. The zero-order valence-electron chi connectivity index (χ0n) is 15.1. The highest BCUT2D eigenvalue weighted by atomic mass is 16.5. The van der Waals surface area contributed by atoms with Gasteiger partial charge in [-0.05, 0) is 62.1 Å². The number of aliphatic hydroxyl groups is 2. The van der Waals surface area contributed by atoms with Crippen LogP contribution in [-0.4, -0.2) is 52.4 Å². The van der Waals surface area contributed by atoms with Crippen LogP contribution in [0.5, 0.6) is 5.75 Å². The Morgan fingerprint density at radius 3 is 3.00 bits per heavy atom. The first kappa shape index (κ1) is 17.5. The summed E-state index contributed by atoms with van der Waals surface area (Å²) < 4.78 is 5.54. The lowest BCUT2D eigenvalue weighted by molar-refractivity contribution is -0.00340. The lowest BCUT2D eigenvalue weighted by Gasteiger charge is -2.48. The standard InChI is InChI=1S/C21H26N2O3/c1-2-14-13-23-8-6-15(14)11-20(23)21(25)17-5-7-22-19-4-3-16(12-18(17)19)26-10-9-24/h2-5,7,12,15,20-21,24-25H,6,8-11,13H2,1H3/b14-2+/t15-,20-,21+/m0/s1. The smallest absolute Gasteiger partial charge is 0.120 e. The Morgan fingerprint density at radius 2 is 2.27 bits per heavy atom. The Morgan fingerprint density at radius 1 is 1.38 bits per heavy atom. The van der Waals surface area contributed by atoms with Crippen molar-refractivity contribution >= 4 is 10.9 Å². The van der Waals surface area contributed by atoms with Crippen LogP contribution in [0.4, 0.5) is 0 Å².